The van der Waals surface area contributed by atoms with Crippen LogP contribution in [-0.2, 0) is 16.6 Å². The molecule has 0 atom stereocenters. The van der Waals surface area contributed by atoms with Crippen LogP contribution in [0.5, 0.6) is 0 Å². The summed E-state index contributed by atoms with van der Waals surface area (Å²) in [6, 6.07) is 7.17. The molecule has 0 radical (unpaired) electrons. The van der Waals surface area contributed by atoms with Crippen LogP contribution in [-0.4, -0.2) is 28.6 Å². The molecule has 0 spiro atoms. The molecular weight excluding hydrogens is 333 g/mol. The fourth-order valence-corrected chi connectivity index (χ4v) is 3.10. The first-order valence-electron chi connectivity index (χ1n) is 7.03. The number of nitrogens with one attached hydrogen (secondary N) is 2. The van der Waals surface area contributed by atoms with Gasteiger partial charge in [-0.15, -0.1) is 0 Å². The Morgan fingerprint density at radius 3 is 2.83 bits per heavy atom. The van der Waals surface area contributed by atoms with Crippen molar-refractivity contribution < 1.29 is 12.8 Å². The topological polar surface area (TPSA) is 101 Å². The first kappa shape index (κ1) is 16.2. The smallest absolute Gasteiger partial charge is 0.240 e. The predicted octanol–water partition coefficient (Wildman–Crippen LogP) is 1.79. The highest BCUT2D eigenvalue weighted by atomic mass is 32.2. The van der Waals surface area contributed by atoms with Crippen LogP contribution in [0.1, 0.15) is 11.4 Å². The SMILES string of the molecule is Cc1cc(S(=O)(=O)NCc2nc(-c3cccnc3)n[nH]2)ccc1F. The molecule has 0 amide bonds. The molecule has 124 valence electrons. The van der Waals surface area contributed by atoms with Crippen LogP contribution in [0.15, 0.2) is 47.6 Å². The molecule has 3 aromatic rings. The van der Waals surface area contributed by atoms with E-state index in [4.69, 9.17) is 0 Å². The van der Waals surface area contributed by atoms with Gasteiger partial charge in [0, 0.05) is 18.0 Å². The van der Waals surface area contributed by atoms with E-state index in [0.29, 0.717) is 11.6 Å². The van der Waals surface area contributed by atoms with Crippen molar-refractivity contribution in [1.29, 1.82) is 0 Å². The highest BCUT2D eigenvalue weighted by Crippen LogP contribution is 2.15. The second-order valence-corrected chi connectivity index (χ2v) is 6.85. The van der Waals surface area contributed by atoms with Gasteiger partial charge >= 0.3 is 0 Å². The highest BCUT2D eigenvalue weighted by Gasteiger charge is 2.16. The number of pyridine rings is 1. The molecule has 24 heavy (non-hydrogen) atoms. The van der Waals surface area contributed by atoms with Crippen LogP contribution in [0.25, 0.3) is 11.4 Å². The Morgan fingerprint density at radius 2 is 2.12 bits per heavy atom. The van der Waals surface area contributed by atoms with Crippen LogP contribution in [0.4, 0.5) is 4.39 Å². The average molecular weight is 347 g/mol. The summed E-state index contributed by atoms with van der Waals surface area (Å²) in [5.74, 6) is 0.330. The summed E-state index contributed by atoms with van der Waals surface area (Å²) < 4.78 is 40.1. The van der Waals surface area contributed by atoms with E-state index in [2.05, 4.69) is 24.9 Å². The number of rotatable bonds is 5. The molecule has 0 aliphatic heterocycles. The lowest BCUT2D eigenvalue weighted by molar-refractivity contribution is 0.578. The minimum absolute atomic E-state index is 0.00611. The molecule has 2 aromatic heterocycles. The van der Waals surface area contributed by atoms with Crippen LogP contribution in [0.3, 0.4) is 0 Å². The molecule has 0 fully saturated rings. The number of aryl methyl sites for hydroxylation is 1. The molecule has 0 aliphatic carbocycles. The van der Waals surface area contributed by atoms with E-state index in [1.807, 2.05) is 0 Å². The molecule has 0 saturated carbocycles. The quantitative estimate of drug-likeness (QED) is 0.733. The summed E-state index contributed by atoms with van der Waals surface area (Å²) >= 11 is 0. The molecule has 0 unspecified atom stereocenters. The molecular formula is C15H14FN5O2S. The molecule has 1 aromatic carbocycles. The Hall–Kier alpha value is -2.65. The Kier molecular flexibility index (Phi) is 4.36. The van der Waals surface area contributed by atoms with E-state index >= 15 is 0 Å². The van der Waals surface area contributed by atoms with E-state index in [1.165, 1.54) is 19.1 Å². The Labute approximate surface area is 138 Å². The third-order valence-corrected chi connectivity index (χ3v) is 4.72. The number of benzene rings is 1. The summed E-state index contributed by atoms with van der Waals surface area (Å²) in [6.45, 7) is 1.44. The summed E-state index contributed by atoms with van der Waals surface area (Å²) in [5.41, 5.74) is 0.980. The van der Waals surface area contributed by atoms with Crippen molar-refractivity contribution in [1.82, 2.24) is 24.9 Å². The van der Waals surface area contributed by atoms with Crippen molar-refractivity contribution in [2.24, 2.45) is 0 Å². The lowest BCUT2D eigenvalue weighted by Crippen LogP contribution is -2.24. The summed E-state index contributed by atoms with van der Waals surface area (Å²) in [7, 11) is -3.77. The maximum Gasteiger partial charge on any atom is 0.240 e. The molecule has 9 heteroatoms. The zero-order valence-corrected chi connectivity index (χ0v) is 13.5. The first-order chi connectivity index (χ1) is 11.5. The van der Waals surface area contributed by atoms with E-state index in [0.717, 1.165) is 11.6 Å². The van der Waals surface area contributed by atoms with Crippen LogP contribution in [0, 0.1) is 12.7 Å². The third kappa shape index (κ3) is 3.47. The predicted molar refractivity (Wildman–Crippen MR) is 84.8 cm³/mol. The summed E-state index contributed by atoms with van der Waals surface area (Å²) in [4.78, 5) is 8.18. The number of sulfonamides is 1. The lowest BCUT2D eigenvalue weighted by Gasteiger charge is -2.06. The van der Waals surface area contributed by atoms with Crippen molar-refractivity contribution >= 4 is 10.0 Å². The summed E-state index contributed by atoms with van der Waals surface area (Å²) in [5, 5.41) is 6.70. The number of hydrogen-bond acceptors (Lipinski definition) is 5. The van der Waals surface area contributed by atoms with Crippen molar-refractivity contribution in [3.05, 3.63) is 59.9 Å². The number of H-pyrrole nitrogens is 1. The average Bonchev–Trinajstić information content (AvgIpc) is 3.05. The molecule has 0 saturated heterocycles. The zero-order valence-electron chi connectivity index (χ0n) is 12.7. The number of aromatic amines is 1. The molecule has 2 heterocycles. The molecule has 7 nitrogen and oxygen atoms in total. The van der Waals surface area contributed by atoms with E-state index in [1.54, 1.807) is 24.5 Å². The highest BCUT2D eigenvalue weighted by molar-refractivity contribution is 7.89. The fourth-order valence-electron chi connectivity index (χ4n) is 2.03. The largest absolute Gasteiger partial charge is 0.264 e. The number of nitrogens with zero attached hydrogens (tertiary/aromatic N) is 3. The second-order valence-electron chi connectivity index (χ2n) is 5.08. The van der Waals surface area contributed by atoms with Gasteiger partial charge in [-0.2, -0.15) is 5.10 Å². The number of aromatic nitrogens is 4. The Bertz CT molecular complexity index is 957. The standard InChI is InChI=1S/C15H14FN5O2S/c1-10-7-12(4-5-13(10)16)24(22,23)18-9-14-19-15(21-20-14)11-3-2-6-17-8-11/h2-8,18H,9H2,1H3,(H,19,20,21). The maximum absolute atomic E-state index is 13.3. The second kappa shape index (κ2) is 6.46. The maximum atomic E-state index is 13.3. The monoisotopic (exact) mass is 347 g/mol. The molecule has 0 bridgehead atoms. The van der Waals surface area contributed by atoms with Gasteiger partial charge in [-0.25, -0.2) is 22.5 Å². The molecule has 3 rings (SSSR count). The van der Waals surface area contributed by atoms with Gasteiger partial charge in [0.2, 0.25) is 10.0 Å². The first-order valence-corrected chi connectivity index (χ1v) is 8.51. The van der Waals surface area contributed by atoms with Gasteiger partial charge in [0.05, 0.1) is 11.4 Å². The summed E-state index contributed by atoms with van der Waals surface area (Å²) in [6.07, 6.45) is 3.24. The van der Waals surface area contributed by atoms with Crippen molar-refractivity contribution in [3.8, 4) is 11.4 Å². The van der Waals surface area contributed by atoms with Crippen LogP contribution < -0.4 is 4.72 Å². The van der Waals surface area contributed by atoms with Crippen molar-refractivity contribution in [2.45, 2.75) is 18.4 Å². The van der Waals surface area contributed by atoms with E-state index in [-0.39, 0.29) is 17.0 Å². The minimum atomic E-state index is -3.77. The zero-order chi connectivity index (χ0) is 17.2. The van der Waals surface area contributed by atoms with Gasteiger partial charge in [0.25, 0.3) is 0 Å². The normalized spacial score (nSPS) is 11.6. The van der Waals surface area contributed by atoms with Gasteiger partial charge in [-0.05, 0) is 42.8 Å². The number of hydrogen-bond donors (Lipinski definition) is 2. The van der Waals surface area contributed by atoms with Gasteiger partial charge < -0.3 is 0 Å². The van der Waals surface area contributed by atoms with Crippen molar-refractivity contribution in [3.63, 3.8) is 0 Å². The fraction of sp³-hybridized carbons (Fsp3) is 0.133. The molecule has 0 aliphatic rings. The van der Waals surface area contributed by atoms with E-state index in [9.17, 15) is 12.8 Å². The van der Waals surface area contributed by atoms with Gasteiger partial charge in [0.1, 0.15) is 11.6 Å². The minimum Gasteiger partial charge on any atom is -0.264 e. The van der Waals surface area contributed by atoms with Gasteiger partial charge in [-0.3, -0.25) is 10.1 Å². The molecule has 2 N–H and O–H groups in total. The Balaban J connectivity index is 1.73. The van der Waals surface area contributed by atoms with E-state index < -0.39 is 15.8 Å². The Morgan fingerprint density at radius 1 is 1.29 bits per heavy atom. The van der Waals surface area contributed by atoms with Gasteiger partial charge in [-0.1, -0.05) is 0 Å². The van der Waals surface area contributed by atoms with Gasteiger partial charge in [0.15, 0.2) is 5.82 Å². The third-order valence-electron chi connectivity index (χ3n) is 3.32. The van der Waals surface area contributed by atoms with Crippen molar-refractivity contribution in [2.75, 3.05) is 0 Å². The lowest BCUT2D eigenvalue weighted by atomic mass is 10.2. The van der Waals surface area contributed by atoms with Crippen LogP contribution in [0.2, 0.25) is 0 Å². The number of halogens is 1. The van der Waals surface area contributed by atoms with Crippen LogP contribution >= 0.6 is 0 Å².